The maximum atomic E-state index is 13.6. The van der Waals surface area contributed by atoms with Crippen molar-refractivity contribution >= 4 is 27.5 Å². The standard InChI is InChI=1S/C25H33N3O7S/c1-17(24(30)26-25(2,3)4)27(14-18-8-7-9-20(12-18)33-5)23(29)15-28(36(6,31)32)19-10-11-21-22(13-19)35-16-34-21/h7-13,17H,14-16H2,1-6H3,(H,26,30). The van der Waals surface area contributed by atoms with Crippen LogP contribution in [0.1, 0.15) is 33.3 Å². The fourth-order valence-corrected chi connectivity index (χ4v) is 4.52. The minimum Gasteiger partial charge on any atom is -0.497 e. The molecule has 0 radical (unpaired) electrons. The van der Waals surface area contributed by atoms with Crippen molar-refractivity contribution in [1.82, 2.24) is 10.2 Å². The Bertz CT molecular complexity index is 1220. The zero-order valence-corrected chi connectivity index (χ0v) is 22.2. The van der Waals surface area contributed by atoms with Gasteiger partial charge in [0.2, 0.25) is 28.6 Å². The molecule has 3 rings (SSSR count). The van der Waals surface area contributed by atoms with E-state index in [-0.39, 0.29) is 24.9 Å². The molecule has 2 amide bonds. The molecule has 196 valence electrons. The van der Waals surface area contributed by atoms with Gasteiger partial charge in [0.05, 0.1) is 19.1 Å². The molecule has 1 atom stereocenters. The van der Waals surface area contributed by atoms with Crippen LogP contribution in [0.5, 0.6) is 17.2 Å². The number of sulfonamides is 1. The van der Waals surface area contributed by atoms with E-state index in [1.165, 1.54) is 18.1 Å². The number of amides is 2. The summed E-state index contributed by atoms with van der Waals surface area (Å²) in [5, 5.41) is 2.89. The lowest BCUT2D eigenvalue weighted by Gasteiger charge is -2.33. The van der Waals surface area contributed by atoms with Gasteiger partial charge < -0.3 is 24.4 Å². The molecule has 36 heavy (non-hydrogen) atoms. The van der Waals surface area contributed by atoms with E-state index in [4.69, 9.17) is 14.2 Å². The Labute approximate surface area is 212 Å². The molecule has 1 heterocycles. The van der Waals surface area contributed by atoms with E-state index in [0.717, 1.165) is 16.1 Å². The van der Waals surface area contributed by atoms with Crippen LogP contribution >= 0.6 is 0 Å². The highest BCUT2D eigenvalue weighted by atomic mass is 32.2. The van der Waals surface area contributed by atoms with Crippen molar-refractivity contribution in [3.8, 4) is 17.2 Å². The van der Waals surface area contributed by atoms with E-state index in [1.54, 1.807) is 37.3 Å². The maximum absolute atomic E-state index is 13.6. The van der Waals surface area contributed by atoms with Crippen molar-refractivity contribution < 1.29 is 32.2 Å². The molecule has 1 N–H and O–H groups in total. The third-order valence-electron chi connectivity index (χ3n) is 5.48. The molecule has 0 aromatic heterocycles. The predicted molar refractivity (Wildman–Crippen MR) is 136 cm³/mol. The van der Waals surface area contributed by atoms with Crippen molar-refractivity contribution in [1.29, 1.82) is 0 Å². The fourth-order valence-electron chi connectivity index (χ4n) is 3.68. The van der Waals surface area contributed by atoms with Crippen molar-refractivity contribution in [3.05, 3.63) is 48.0 Å². The van der Waals surface area contributed by atoms with Crippen LogP contribution in [0, 0.1) is 0 Å². The van der Waals surface area contributed by atoms with Gasteiger partial charge in [0.25, 0.3) is 0 Å². The molecule has 0 spiro atoms. The summed E-state index contributed by atoms with van der Waals surface area (Å²) in [4.78, 5) is 28.0. The number of anilines is 1. The number of methoxy groups -OCH3 is 1. The third-order valence-corrected chi connectivity index (χ3v) is 6.62. The summed E-state index contributed by atoms with van der Waals surface area (Å²) in [7, 11) is -2.31. The number of nitrogens with one attached hydrogen (secondary N) is 1. The van der Waals surface area contributed by atoms with Crippen LogP contribution in [0.15, 0.2) is 42.5 Å². The molecule has 1 unspecified atom stereocenters. The predicted octanol–water partition coefficient (Wildman–Crippen LogP) is 2.52. The van der Waals surface area contributed by atoms with Gasteiger partial charge in [0.15, 0.2) is 11.5 Å². The van der Waals surface area contributed by atoms with Gasteiger partial charge in [-0.2, -0.15) is 0 Å². The van der Waals surface area contributed by atoms with Gasteiger partial charge in [-0.1, -0.05) is 12.1 Å². The first-order valence-corrected chi connectivity index (χ1v) is 13.2. The lowest BCUT2D eigenvalue weighted by molar-refractivity contribution is -0.140. The smallest absolute Gasteiger partial charge is 0.244 e. The largest absolute Gasteiger partial charge is 0.497 e. The summed E-state index contributed by atoms with van der Waals surface area (Å²) >= 11 is 0. The first-order valence-electron chi connectivity index (χ1n) is 11.4. The van der Waals surface area contributed by atoms with Gasteiger partial charge in [-0.15, -0.1) is 0 Å². The number of hydrogen-bond acceptors (Lipinski definition) is 7. The first kappa shape index (κ1) is 27.1. The number of carbonyl (C=O) groups is 2. The SMILES string of the molecule is COc1cccc(CN(C(=O)CN(c2ccc3c(c2)OCO3)S(C)(=O)=O)C(C)C(=O)NC(C)(C)C)c1. The minimum atomic E-state index is -3.85. The molecule has 11 heteroatoms. The van der Waals surface area contributed by atoms with Crippen molar-refractivity contribution in [3.63, 3.8) is 0 Å². The lowest BCUT2D eigenvalue weighted by Crippen LogP contribution is -2.54. The molecule has 0 saturated carbocycles. The Morgan fingerprint density at radius 2 is 1.81 bits per heavy atom. The van der Waals surface area contributed by atoms with Gasteiger partial charge in [0.1, 0.15) is 18.3 Å². The van der Waals surface area contributed by atoms with Gasteiger partial charge in [-0.05, 0) is 57.5 Å². The van der Waals surface area contributed by atoms with E-state index in [0.29, 0.717) is 17.2 Å². The molecular weight excluding hydrogens is 486 g/mol. The van der Waals surface area contributed by atoms with Crippen LogP contribution in [0.4, 0.5) is 5.69 Å². The monoisotopic (exact) mass is 519 g/mol. The fraction of sp³-hybridized carbons (Fsp3) is 0.440. The third kappa shape index (κ3) is 6.81. The number of nitrogens with zero attached hydrogens (tertiary/aromatic N) is 2. The van der Waals surface area contributed by atoms with Gasteiger partial charge in [-0.25, -0.2) is 8.42 Å². The molecule has 2 aromatic rings. The summed E-state index contributed by atoms with van der Waals surface area (Å²) in [5.41, 5.74) is 0.469. The number of rotatable bonds is 9. The van der Waals surface area contributed by atoms with Crippen molar-refractivity contribution in [2.45, 2.75) is 45.8 Å². The Kier molecular flexibility index (Phi) is 8.02. The van der Waals surface area contributed by atoms with Gasteiger partial charge >= 0.3 is 0 Å². The van der Waals surface area contributed by atoms with E-state index in [9.17, 15) is 18.0 Å². The quantitative estimate of drug-likeness (QED) is 0.541. The summed E-state index contributed by atoms with van der Waals surface area (Å²) in [6, 6.07) is 10.9. The van der Waals surface area contributed by atoms with Crippen LogP contribution in [-0.4, -0.2) is 63.4 Å². The van der Waals surface area contributed by atoms with Crippen LogP contribution in [0.2, 0.25) is 0 Å². The molecule has 2 aromatic carbocycles. The highest BCUT2D eigenvalue weighted by molar-refractivity contribution is 7.92. The number of ether oxygens (including phenoxy) is 3. The summed E-state index contributed by atoms with van der Waals surface area (Å²) in [5.74, 6) is 0.584. The molecule has 10 nitrogen and oxygen atoms in total. The average molecular weight is 520 g/mol. The molecular formula is C25H33N3O7S. The van der Waals surface area contributed by atoms with Crippen LogP contribution < -0.4 is 23.8 Å². The second kappa shape index (κ2) is 10.7. The van der Waals surface area contributed by atoms with E-state index in [1.807, 2.05) is 26.8 Å². The zero-order chi connectivity index (χ0) is 26.7. The van der Waals surface area contributed by atoms with Gasteiger partial charge in [0, 0.05) is 18.2 Å². The topological polar surface area (TPSA) is 114 Å². The molecule has 0 fully saturated rings. The Hall–Kier alpha value is -3.47. The van der Waals surface area contributed by atoms with E-state index >= 15 is 0 Å². The van der Waals surface area contributed by atoms with E-state index in [2.05, 4.69) is 5.32 Å². The van der Waals surface area contributed by atoms with E-state index < -0.39 is 34.1 Å². The van der Waals surface area contributed by atoms with Crippen LogP contribution in [0.25, 0.3) is 0 Å². The number of hydrogen-bond donors (Lipinski definition) is 1. The van der Waals surface area contributed by atoms with Crippen molar-refractivity contribution in [2.24, 2.45) is 0 Å². The molecule has 0 bridgehead atoms. The molecule has 0 saturated heterocycles. The maximum Gasteiger partial charge on any atom is 0.244 e. The second-order valence-electron chi connectivity index (χ2n) is 9.60. The second-order valence-corrected chi connectivity index (χ2v) is 11.5. The minimum absolute atomic E-state index is 0.0330. The number of benzene rings is 2. The Morgan fingerprint density at radius 3 is 2.44 bits per heavy atom. The Balaban J connectivity index is 1.93. The summed E-state index contributed by atoms with van der Waals surface area (Å²) < 4.78 is 42.4. The molecule has 1 aliphatic rings. The Morgan fingerprint density at radius 1 is 1.11 bits per heavy atom. The van der Waals surface area contributed by atoms with Crippen LogP contribution in [-0.2, 0) is 26.2 Å². The normalized spacial score (nSPS) is 13.6. The highest BCUT2D eigenvalue weighted by Gasteiger charge is 2.32. The summed E-state index contributed by atoms with van der Waals surface area (Å²) in [6.07, 6.45) is 1.02. The summed E-state index contributed by atoms with van der Waals surface area (Å²) in [6.45, 7) is 6.75. The average Bonchev–Trinajstić information content (AvgIpc) is 3.26. The van der Waals surface area contributed by atoms with Crippen molar-refractivity contribution in [2.75, 3.05) is 31.0 Å². The first-order chi connectivity index (χ1) is 16.8. The van der Waals surface area contributed by atoms with Crippen LogP contribution in [0.3, 0.4) is 0 Å². The highest BCUT2D eigenvalue weighted by Crippen LogP contribution is 2.36. The number of carbonyl (C=O) groups excluding carboxylic acids is 2. The molecule has 1 aliphatic heterocycles. The lowest BCUT2D eigenvalue weighted by atomic mass is 10.1. The van der Waals surface area contributed by atoms with Gasteiger partial charge in [-0.3, -0.25) is 13.9 Å². The number of fused-ring (bicyclic) bond motifs is 1. The zero-order valence-electron chi connectivity index (χ0n) is 21.4. The molecule has 0 aliphatic carbocycles.